The van der Waals surface area contributed by atoms with Crippen LogP contribution in [0.3, 0.4) is 0 Å². The van der Waals surface area contributed by atoms with Crippen LogP contribution in [-0.4, -0.2) is 14.1 Å². The molecule has 3 heteroatoms. The lowest BCUT2D eigenvalue weighted by Crippen LogP contribution is -1.96. The number of benzene rings is 6. The zero-order valence-corrected chi connectivity index (χ0v) is 22.6. The first-order chi connectivity index (χ1) is 20.8. The molecule has 0 radical (unpaired) electrons. The highest BCUT2D eigenvalue weighted by Gasteiger charge is 2.23. The normalized spacial score (nSPS) is 12.3. The van der Waals surface area contributed by atoms with Crippen molar-refractivity contribution < 1.29 is 0 Å². The van der Waals surface area contributed by atoms with Crippen LogP contribution in [0, 0.1) is 0 Å². The molecular weight excluding hydrogens is 510 g/mol. The maximum absolute atomic E-state index is 4.49. The van der Waals surface area contributed by atoms with Crippen molar-refractivity contribution >= 4 is 54.4 Å². The third-order valence-electron chi connectivity index (χ3n) is 9.12. The van der Waals surface area contributed by atoms with Crippen LogP contribution in [-0.2, 0) is 0 Å². The first-order valence-electron chi connectivity index (χ1n) is 14.4. The average molecular weight is 534 g/mol. The van der Waals surface area contributed by atoms with Crippen LogP contribution < -0.4 is 0 Å². The summed E-state index contributed by atoms with van der Waals surface area (Å²) in [5, 5.41) is 7.63. The van der Waals surface area contributed by atoms with Crippen LogP contribution in [0.15, 0.2) is 140 Å². The molecule has 10 rings (SSSR count). The molecule has 0 unspecified atom stereocenters. The van der Waals surface area contributed by atoms with Gasteiger partial charge in [-0.05, 0) is 82.1 Å². The van der Waals surface area contributed by atoms with E-state index in [1.807, 2.05) is 12.4 Å². The Labute approximate surface area is 241 Å². The van der Waals surface area contributed by atoms with Crippen molar-refractivity contribution in [1.29, 1.82) is 0 Å². The van der Waals surface area contributed by atoms with E-state index in [1.165, 1.54) is 88.0 Å². The predicted molar refractivity (Wildman–Crippen MR) is 175 cm³/mol. The van der Waals surface area contributed by atoms with Gasteiger partial charge in [-0.25, -0.2) is 0 Å². The fraction of sp³-hybridized carbons (Fsp3) is 0. The number of fused-ring (bicyclic) bond motifs is 9. The van der Waals surface area contributed by atoms with Crippen LogP contribution in [0.4, 0.5) is 0 Å². The summed E-state index contributed by atoms with van der Waals surface area (Å²) in [6.07, 6.45) is 3.91. The molecule has 0 amide bonds. The van der Waals surface area contributed by atoms with Crippen LogP contribution in [0.5, 0.6) is 0 Å². The third-order valence-corrected chi connectivity index (χ3v) is 9.12. The van der Waals surface area contributed by atoms with Gasteiger partial charge < -0.3 is 9.13 Å². The lowest BCUT2D eigenvalue weighted by molar-refractivity contribution is 1.17. The number of aromatic nitrogens is 3. The molecule has 9 aromatic rings. The zero-order valence-electron chi connectivity index (χ0n) is 22.6. The molecule has 0 bridgehead atoms. The predicted octanol–water partition coefficient (Wildman–Crippen LogP) is 10.1. The van der Waals surface area contributed by atoms with E-state index in [9.17, 15) is 0 Å². The van der Waals surface area contributed by atoms with E-state index in [0.717, 1.165) is 0 Å². The third kappa shape index (κ3) is 2.77. The molecule has 0 saturated heterocycles. The van der Waals surface area contributed by atoms with Crippen molar-refractivity contribution in [1.82, 2.24) is 14.1 Å². The highest BCUT2D eigenvalue weighted by Crippen LogP contribution is 2.48. The van der Waals surface area contributed by atoms with Gasteiger partial charge in [0.15, 0.2) is 0 Å². The van der Waals surface area contributed by atoms with Gasteiger partial charge in [-0.2, -0.15) is 0 Å². The summed E-state index contributed by atoms with van der Waals surface area (Å²) in [5.41, 5.74) is 12.2. The average Bonchev–Trinajstić information content (AvgIpc) is 3.68. The molecule has 3 aromatic heterocycles. The number of hydrogen-bond donors (Lipinski definition) is 0. The second-order valence-corrected chi connectivity index (χ2v) is 11.2. The molecule has 6 aromatic carbocycles. The SMILES string of the molecule is c1cc2c3c(cc(-n4c5ccccc5c5cc(-n6c7ccccc7c7ccccc76)ccc54)cc3c1)-c1cnccc1-2. The Morgan fingerprint density at radius 3 is 1.79 bits per heavy atom. The first kappa shape index (κ1) is 22.1. The number of nitrogens with zero attached hydrogens (tertiary/aromatic N) is 3. The Morgan fingerprint density at radius 1 is 0.405 bits per heavy atom. The number of hydrogen-bond acceptors (Lipinski definition) is 1. The second-order valence-electron chi connectivity index (χ2n) is 11.2. The zero-order chi connectivity index (χ0) is 27.4. The van der Waals surface area contributed by atoms with Crippen molar-refractivity contribution in [2.75, 3.05) is 0 Å². The summed E-state index contributed by atoms with van der Waals surface area (Å²) in [7, 11) is 0. The van der Waals surface area contributed by atoms with Crippen molar-refractivity contribution in [3.63, 3.8) is 0 Å². The van der Waals surface area contributed by atoms with Gasteiger partial charge in [-0.1, -0.05) is 72.8 Å². The monoisotopic (exact) mass is 533 g/mol. The fourth-order valence-corrected chi connectivity index (χ4v) is 7.40. The Bertz CT molecular complexity index is 2530. The summed E-state index contributed by atoms with van der Waals surface area (Å²) in [4.78, 5) is 4.49. The minimum absolute atomic E-state index is 1.17. The molecule has 0 atom stereocenters. The van der Waals surface area contributed by atoms with E-state index in [4.69, 9.17) is 0 Å². The van der Waals surface area contributed by atoms with Gasteiger partial charge in [0.05, 0.1) is 22.1 Å². The molecule has 194 valence electrons. The quantitative estimate of drug-likeness (QED) is 0.217. The highest BCUT2D eigenvalue weighted by atomic mass is 15.0. The standard InChI is InChI=1S/C39H23N3/c1-4-13-35-28(9-1)29-10-2-5-14-36(29)41(35)25-16-17-38-32(21-25)30-11-3-6-15-37(30)42(38)26-20-24-8-7-12-31-27-18-19-40-23-34(27)33(22-26)39(24)31/h1-23H. The van der Waals surface area contributed by atoms with Crippen LogP contribution >= 0.6 is 0 Å². The Kier molecular flexibility index (Phi) is 4.18. The molecule has 0 spiro atoms. The van der Waals surface area contributed by atoms with Gasteiger partial charge in [0, 0.05) is 50.9 Å². The minimum Gasteiger partial charge on any atom is -0.309 e. The molecule has 1 aliphatic carbocycles. The van der Waals surface area contributed by atoms with Gasteiger partial charge in [0.2, 0.25) is 0 Å². The highest BCUT2D eigenvalue weighted by molar-refractivity contribution is 6.17. The number of rotatable bonds is 2. The fourth-order valence-electron chi connectivity index (χ4n) is 7.40. The van der Waals surface area contributed by atoms with E-state index in [1.54, 1.807) is 0 Å². The molecule has 3 nitrogen and oxygen atoms in total. The van der Waals surface area contributed by atoms with Crippen LogP contribution in [0.25, 0.3) is 88.0 Å². The molecule has 0 saturated carbocycles. The summed E-state index contributed by atoms with van der Waals surface area (Å²) in [5.74, 6) is 0. The summed E-state index contributed by atoms with van der Waals surface area (Å²) >= 11 is 0. The summed E-state index contributed by atoms with van der Waals surface area (Å²) < 4.78 is 4.83. The lowest BCUT2D eigenvalue weighted by atomic mass is 10.0. The van der Waals surface area contributed by atoms with Gasteiger partial charge in [0.25, 0.3) is 0 Å². The van der Waals surface area contributed by atoms with Gasteiger partial charge in [-0.3, -0.25) is 4.98 Å². The Morgan fingerprint density at radius 2 is 1.05 bits per heavy atom. The maximum atomic E-state index is 4.49. The topological polar surface area (TPSA) is 22.8 Å². The van der Waals surface area contributed by atoms with Crippen LogP contribution in [0.1, 0.15) is 0 Å². The van der Waals surface area contributed by atoms with E-state index >= 15 is 0 Å². The van der Waals surface area contributed by atoms with Crippen molar-refractivity contribution in [3.05, 3.63) is 140 Å². The van der Waals surface area contributed by atoms with E-state index in [2.05, 4.69) is 142 Å². The Balaban J connectivity index is 1.27. The smallest absolute Gasteiger partial charge is 0.0542 e. The molecule has 0 N–H and O–H groups in total. The molecule has 0 fully saturated rings. The number of pyridine rings is 1. The van der Waals surface area contributed by atoms with E-state index in [0.29, 0.717) is 0 Å². The van der Waals surface area contributed by atoms with Gasteiger partial charge in [-0.15, -0.1) is 0 Å². The first-order valence-corrected chi connectivity index (χ1v) is 14.4. The van der Waals surface area contributed by atoms with Crippen LogP contribution in [0.2, 0.25) is 0 Å². The second kappa shape index (κ2) is 7.96. The molecule has 3 heterocycles. The molecule has 0 aliphatic heterocycles. The minimum atomic E-state index is 1.17. The summed E-state index contributed by atoms with van der Waals surface area (Å²) in [6, 6.07) is 46.6. The Hall–Kier alpha value is -5.67. The van der Waals surface area contributed by atoms with E-state index < -0.39 is 0 Å². The van der Waals surface area contributed by atoms with Gasteiger partial charge >= 0.3 is 0 Å². The lowest BCUT2D eigenvalue weighted by Gasteiger charge is -2.12. The van der Waals surface area contributed by atoms with Gasteiger partial charge in [0.1, 0.15) is 0 Å². The number of para-hydroxylation sites is 3. The maximum Gasteiger partial charge on any atom is 0.0542 e. The van der Waals surface area contributed by atoms with E-state index in [-0.39, 0.29) is 0 Å². The van der Waals surface area contributed by atoms with Crippen molar-refractivity contribution in [2.24, 2.45) is 0 Å². The molecule has 42 heavy (non-hydrogen) atoms. The van der Waals surface area contributed by atoms with Crippen molar-refractivity contribution in [2.45, 2.75) is 0 Å². The molecule has 1 aliphatic rings. The summed E-state index contributed by atoms with van der Waals surface area (Å²) in [6.45, 7) is 0. The largest absolute Gasteiger partial charge is 0.309 e. The molecular formula is C39H23N3. The van der Waals surface area contributed by atoms with Crippen molar-refractivity contribution in [3.8, 4) is 33.6 Å².